The summed E-state index contributed by atoms with van der Waals surface area (Å²) in [4.78, 5) is 20.1. The van der Waals surface area contributed by atoms with Crippen molar-refractivity contribution in [2.75, 3.05) is 13.1 Å². The summed E-state index contributed by atoms with van der Waals surface area (Å²) in [5.74, 6) is -0.833. The van der Waals surface area contributed by atoms with Crippen molar-refractivity contribution in [1.82, 2.24) is 10.6 Å². The lowest BCUT2D eigenvalue weighted by atomic mass is 10.1. The quantitative estimate of drug-likeness (QED) is 0.615. The van der Waals surface area contributed by atoms with Crippen LogP contribution in [0.25, 0.3) is 0 Å². The predicted molar refractivity (Wildman–Crippen MR) is 59.3 cm³/mol. The van der Waals surface area contributed by atoms with Gasteiger partial charge in [-0.1, -0.05) is 0 Å². The first-order valence-electron chi connectivity index (χ1n) is 5.10. The van der Waals surface area contributed by atoms with E-state index in [9.17, 15) is 4.79 Å². The number of amides is 1. The summed E-state index contributed by atoms with van der Waals surface area (Å²) in [6.45, 7) is 8.41. The summed E-state index contributed by atoms with van der Waals surface area (Å²) < 4.78 is 5.05. The van der Waals surface area contributed by atoms with Gasteiger partial charge in [-0.15, -0.1) is 0 Å². The zero-order chi connectivity index (χ0) is 12.8. The molecule has 0 radical (unpaired) electrons. The molecule has 0 aliphatic carbocycles. The minimum absolute atomic E-state index is 0.0624. The predicted octanol–water partition coefficient (Wildman–Crippen LogP) is 0.574. The molecular weight excluding hydrogens is 212 g/mol. The molecule has 0 unspecified atom stereocenters. The van der Waals surface area contributed by atoms with Crippen molar-refractivity contribution < 1.29 is 19.4 Å². The van der Waals surface area contributed by atoms with Crippen LogP contribution in [0.2, 0.25) is 0 Å². The van der Waals surface area contributed by atoms with Crippen molar-refractivity contribution >= 4 is 12.1 Å². The van der Waals surface area contributed by atoms with E-state index in [4.69, 9.17) is 14.6 Å². The number of alkyl carbamates (subject to hydrolysis) is 1. The molecule has 0 aromatic rings. The van der Waals surface area contributed by atoms with Gasteiger partial charge >= 0.3 is 6.09 Å². The molecule has 1 aliphatic rings. The average Bonchev–Trinajstić information content (AvgIpc) is 1.92. The van der Waals surface area contributed by atoms with Crippen molar-refractivity contribution in [3.8, 4) is 0 Å². The SMILES string of the molecule is CC(=O)O.CC(C)(C)NC(=O)OC1CNC1. The highest BCUT2D eigenvalue weighted by molar-refractivity contribution is 5.68. The van der Waals surface area contributed by atoms with Gasteiger partial charge < -0.3 is 20.5 Å². The number of carbonyl (C=O) groups is 2. The fourth-order valence-electron chi connectivity index (χ4n) is 0.833. The number of hydrogen-bond donors (Lipinski definition) is 3. The number of aliphatic carboxylic acids is 1. The van der Waals surface area contributed by atoms with Gasteiger partial charge in [0.1, 0.15) is 6.10 Å². The lowest BCUT2D eigenvalue weighted by molar-refractivity contribution is -0.134. The molecule has 16 heavy (non-hydrogen) atoms. The molecule has 0 aromatic heterocycles. The van der Waals surface area contributed by atoms with Gasteiger partial charge in [0.05, 0.1) is 0 Å². The molecule has 0 spiro atoms. The van der Waals surface area contributed by atoms with Gasteiger partial charge in [-0.2, -0.15) is 0 Å². The second-order valence-corrected chi connectivity index (χ2v) is 4.58. The average molecular weight is 232 g/mol. The fraction of sp³-hybridized carbons (Fsp3) is 0.800. The Balaban J connectivity index is 0.000000487. The van der Waals surface area contributed by atoms with Crippen LogP contribution in [-0.4, -0.2) is 41.9 Å². The Hall–Kier alpha value is -1.30. The summed E-state index contributed by atoms with van der Waals surface area (Å²) in [5, 5.41) is 13.2. The maximum Gasteiger partial charge on any atom is 0.407 e. The molecule has 1 rings (SSSR count). The number of hydrogen-bond acceptors (Lipinski definition) is 4. The van der Waals surface area contributed by atoms with E-state index in [1.54, 1.807) is 0 Å². The molecule has 3 N–H and O–H groups in total. The van der Waals surface area contributed by atoms with E-state index < -0.39 is 5.97 Å². The fourth-order valence-corrected chi connectivity index (χ4v) is 0.833. The van der Waals surface area contributed by atoms with E-state index in [1.165, 1.54) is 0 Å². The van der Waals surface area contributed by atoms with Gasteiger partial charge in [0.15, 0.2) is 0 Å². The Kier molecular flexibility index (Phi) is 5.81. The largest absolute Gasteiger partial charge is 0.481 e. The van der Waals surface area contributed by atoms with Crippen molar-refractivity contribution in [2.24, 2.45) is 0 Å². The molecule has 1 saturated heterocycles. The Morgan fingerprint density at radius 2 is 1.81 bits per heavy atom. The van der Waals surface area contributed by atoms with Crippen LogP contribution < -0.4 is 10.6 Å². The first kappa shape index (κ1) is 14.7. The van der Waals surface area contributed by atoms with Gasteiger partial charge in [0.2, 0.25) is 0 Å². The summed E-state index contributed by atoms with van der Waals surface area (Å²) in [7, 11) is 0. The first-order chi connectivity index (χ1) is 7.20. The number of rotatable bonds is 1. The van der Waals surface area contributed by atoms with E-state index in [-0.39, 0.29) is 17.7 Å². The van der Waals surface area contributed by atoms with Crippen LogP contribution >= 0.6 is 0 Å². The number of carbonyl (C=O) groups excluding carboxylic acids is 1. The molecule has 94 valence electrons. The third kappa shape index (κ3) is 9.26. The van der Waals surface area contributed by atoms with E-state index in [1.807, 2.05) is 20.8 Å². The van der Waals surface area contributed by atoms with Gasteiger partial charge in [-0.3, -0.25) is 4.79 Å². The Labute approximate surface area is 95.4 Å². The topological polar surface area (TPSA) is 87.7 Å². The molecule has 0 aromatic carbocycles. The van der Waals surface area contributed by atoms with Crippen molar-refractivity contribution in [3.05, 3.63) is 0 Å². The normalized spacial score (nSPS) is 15.2. The molecule has 1 aliphatic heterocycles. The van der Waals surface area contributed by atoms with Gasteiger partial charge in [0, 0.05) is 25.6 Å². The third-order valence-corrected chi connectivity index (χ3v) is 1.49. The molecule has 1 fully saturated rings. The van der Waals surface area contributed by atoms with Crippen LogP contribution in [0.3, 0.4) is 0 Å². The van der Waals surface area contributed by atoms with E-state index in [2.05, 4.69) is 10.6 Å². The lowest BCUT2D eigenvalue weighted by Crippen LogP contribution is -2.52. The molecule has 0 saturated carbocycles. The minimum Gasteiger partial charge on any atom is -0.481 e. The van der Waals surface area contributed by atoms with Gasteiger partial charge in [-0.25, -0.2) is 4.79 Å². The van der Waals surface area contributed by atoms with Crippen LogP contribution in [0.4, 0.5) is 4.79 Å². The Morgan fingerprint density at radius 1 is 1.38 bits per heavy atom. The number of nitrogens with one attached hydrogen (secondary N) is 2. The maximum absolute atomic E-state index is 11.1. The number of carboxylic acid groups (broad SMARTS) is 1. The molecule has 6 nitrogen and oxygen atoms in total. The highest BCUT2D eigenvalue weighted by atomic mass is 16.6. The zero-order valence-electron chi connectivity index (χ0n) is 10.2. The highest BCUT2D eigenvalue weighted by Gasteiger charge is 2.23. The van der Waals surface area contributed by atoms with Crippen LogP contribution in [0.1, 0.15) is 27.7 Å². The van der Waals surface area contributed by atoms with Crippen molar-refractivity contribution in [1.29, 1.82) is 0 Å². The van der Waals surface area contributed by atoms with Crippen molar-refractivity contribution in [3.63, 3.8) is 0 Å². The van der Waals surface area contributed by atoms with E-state index >= 15 is 0 Å². The number of carboxylic acids is 1. The van der Waals surface area contributed by atoms with Crippen LogP contribution in [-0.2, 0) is 9.53 Å². The van der Waals surface area contributed by atoms with Gasteiger partial charge in [-0.05, 0) is 20.8 Å². The van der Waals surface area contributed by atoms with Crippen LogP contribution in [0.15, 0.2) is 0 Å². The molecule has 6 heteroatoms. The number of ether oxygens (including phenoxy) is 1. The second kappa shape index (κ2) is 6.32. The van der Waals surface area contributed by atoms with Crippen LogP contribution in [0, 0.1) is 0 Å². The highest BCUT2D eigenvalue weighted by Crippen LogP contribution is 2.02. The summed E-state index contributed by atoms with van der Waals surface area (Å²) in [5.41, 5.74) is -0.214. The molecule has 0 bridgehead atoms. The summed E-state index contributed by atoms with van der Waals surface area (Å²) in [6.07, 6.45) is -0.263. The summed E-state index contributed by atoms with van der Waals surface area (Å²) in [6, 6.07) is 0. The third-order valence-electron chi connectivity index (χ3n) is 1.49. The van der Waals surface area contributed by atoms with Gasteiger partial charge in [0.25, 0.3) is 5.97 Å². The smallest absolute Gasteiger partial charge is 0.407 e. The molecule has 1 amide bonds. The van der Waals surface area contributed by atoms with Crippen molar-refractivity contribution in [2.45, 2.75) is 39.3 Å². The Bertz CT molecular complexity index is 240. The molecule has 0 atom stereocenters. The van der Waals surface area contributed by atoms with Crippen LogP contribution in [0.5, 0.6) is 0 Å². The monoisotopic (exact) mass is 232 g/mol. The van der Waals surface area contributed by atoms with E-state index in [0.29, 0.717) is 0 Å². The molecule has 1 heterocycles. The lowest BCUT2D eigenvalue weighted by Gasteiger charge is -2.28. The summed E-state index contributed by atoms with van der Waals surface area (Å²) >= 11 is 0. The second-order valence-electron chi connectivity index (χ2n) is 4.58. The zero-order valence-corrected chi connectivity index (χ0v) is 10.2. The standard InChI is InChI=1S/C8H16N2O2.C2H4O2/c1-8(2,3)10-7(11)12-6-4-9-5-6;1-2(3)4/h6,9H,4-5H2,1-3H3,(H,10,11);1H3,(H,3,4). The molecular formula is C10H20N2O4. The Morgan fingerprint density at radius 3 is 2.06 bits per heavy atom. The van der Waals surface area contributed by atoms with E-state index in [0.717, 1.165) is 20.0 Å². The maximum atomic E-state index is 11.1. The first-order valence-corrected chi connectivity index (χ1v) is 5.10. The minimum atomic E-state index is -0.833.